The molecule has 0 saturated heterocycles. The fraction of sp³-hybridized carbons (Fsp3) is 0.697. The molecule has 0 radical (unpaired) electrons. The number of nitrogens with zero attached hydrogens (tertiary/aromatic N) is 5. The monoisotopic (exact) mass is 592 g/mol. The summed E-state index contributed by atoms with van der Waals surface area (Å²) in [6.45, 7) is 21.0. The first-order chi connectivity index (χ1) is 20.0. The van der Waals surface area contributed by atoms with E-state index in [2.05, 4.69) is 98.5 Å². The predicted molar refractivity (Wildman–Crippen MR) is 169 cm³/mol. The average molecular weight is 593 g/mol. The molecule has 1 fully saturated rings. The summed E-state index contributed by atoms with van der Waals surface area (Å²) in [4.78, 5) is 34.5. The maximum absolute atomic E-state index is 14.3. The number of aliphatic imine (C=N–C) groups is 1. The topological polar surface area (TPSA) is 128 Å². The molecule has 1 atom stereocenters. The Morgan fingerprint density at radius 3 is 2.21 bits per heavy atom. The van der Waals surface area contributed by atoms with Crippen LogP contribution in [0.15, 0.2) is 29.3 Å². The summed E-state index contributed by atoms with van der Waals surface area (Å²) >= 11 is 0. The number of hydrogen-bond acceptors (Lipinski definition) is 7. The zero-order valence-corrected chi connectivity index (χ0v) is 27.7. The lowest BCUT2D eigenvalue weighted by Crippen LogP contribution is -2.52. The van der Waals surface area contributed by atoms with Crippen LogP contribution in [0.1, 0.15) is 129 Å². The van der Waals surface area contributed by atoms with Gasteiger partial charge in [-0.15, -0.1) is 10.2 Å². The molecular formula is C33H52N8O2. The first-order valence-corrected chi connectivity index (χ1v) is 15.8. The lowest BCUT2D eigenvalue weighted by atomic mass is 9.69. The maximum Gasteiger partial charge on any atom is 0.291 e. The maximum atomic E-state index is 14.3. The number of rotatable bonds is 8. The van der Waals surface area contributed by atoms with E-state index in [0.717, 1.165) is 44.1 Å². The largest absolute Gasteiger partial charge is 0.365 e. The molecule has 43 heavy (non-hydrogen) atoms. The number of aromatic nitrogens is 4. The molecule has 236 valence electrons. The molecule has 1 aromatic carbocycles. The van der Waals surface area contributed by atoms with Crippen LogP contribution in [0.3, 0.4) is 0 Å². The minimum absolute atomic E-state index is 0.0130. The molecule has 0 unspecified atom stereocenters. The molecule has 3 N–H and O–H groups in total. The second-order valence-electron chi connectivity index (χ2n) is 15.9. The van der Waals surface area contributed by atoms with Crippen molar-refractivity contribution in [2.75, 3.05) is 6.54 Å². The van der Waals surface area contributed by atoms with E-state index in [0.29, 0.717) is 29.7 Å². The first-order valence-electron chi connectivity index (χ1n) is 15.8. The Morgan fingerprint density at radius 1 is 1.02 bits per heavy atom. The van der Waals surface area contributed by atoms with Crippen molar-refractivity contribution in [2.24, 2.45) is 27.2 Å². The smallest absolute Gasteiger partial charge is 0.291 e. The Morgan fingerprint density at radius 2 is 1.67 bits per heavy atom. The van der Waals surface area contributed by atoms with Gasteiger partial charge in [-0.2, -0.15) is 5.21 Å². The van der Waals surface area contributed by atoms with Crippen LogP contribution < -0.4 is 10.6 Å². The third-order valence-electron chi connectivity index (χ3n) is 8.82. The lowest BCUT2D eigenvalue weighted by Gasteiger charge is -2.47. The van der Waals surface area contributed by atoms with E-state index in [9.17, 15) is 9.59 Å². The molecule has 1 spiro atoms. The van der Waals surface area contributed by atoms with Gasteiger partial charge in [0.15, 0.2) is 11.7 Å². The first kappa shape index (κ1) is 32.6. The summed E-state index contributed by atoms with van der Waals surface area (Å²) in [6, 6.07) is 7.52. The highest BCUT2D eigenvalue weighted by atomic mass is 16.2. The number of carbonyl (C=O) groups excluding carboxylic acids is 2. The van der Waals surface area contributed by atoms with Crippen LogP contribution in [0, 0.1) is 22.2 Å². The van der Waals surface area contributed by atoms with Crippen molar-refractivity contribution in [1.29, 1.82) is 0 Å². The molecular weight excluding hydrogens is 540 g/mol. The SMILES string of the molecule is CC(C)(C)CC[C@H](c1ccc(C(=O)NCc2nn[nH]n2)cc1)N1C(=O)C(NCC(C)(C)C)=NC12CCC(C(C)(C)C)CC2. The summed E-state index contributed by atoms with van der Waals surface area (Å²) in [6.07, 6.45) is 5.53. The van der Waals surface area contributed by atoms with E-state index < -0.39 is 5.66 Å². The molecule has 2 amide bonds. The Bertz CT molecular complexity index is 1270. The van der Waals surface area contributed by atoms with Crippen molar-refractivity contribution < 1.29 is 9.59 Å². The number of nitrogens with one attached hydrogen (secondary N) is 3. The normalized spacial score (nSPS) is 22.1. The van der Waals surface area contributed by atoms with Crippen molar-refractivity contribution in [1.82, 2.24) is 36.2 Å². The zero-order chi connectivity index (χ0) is 31.6. The van der Waals surface area contributed by atoms with Crippen molar-refractivity contribution in [3.63, 3.8) is 0 Å². The van der Waals surface area contributed by atoms with Gasteiger partial charge >= 0.3 is 0 Å². The highest BCUT2D eigenvalue weighted by Crippen LogP contribution is 2.49. The molecule has 1 aliphatic carbocycles. The fourth-order valence-corrected chi connectivity index (χ4v) is 6.20. The van der Waals surface area contributed by atoms with Crippen LogP contribution in [0.4, 0.5) is 0 Å². The van der Waals surface area contributed by atoms with Crippen molar-refractivity contribution in [3.05, 3.63) is 41.2 Å². The third kappa shape index (κ3) is 8.21. The van der Waals surface area contributed by atoms with Gasteiger partial charge in [0, 0.05) is 12.1 Å². The van der Waals surface area contributed by atoms with Gasteiger partial charge in [0.25, 0.3) is 11.8 Å². The van der Waals surface area contributed by atoms with E-state index in [-0.39, 0.29) is 40.6 Å². The predicted octanol–water partition coefficient (Wildman–Crippen LogP) is 5.81. The Labute approximate surface area is 257 Å². The van der Waals surface area contributed by atoms with Crippen LogP contribution in [-0.4, -0.2) is 55.4 Å². The van der Waals surface area contributed by atoms with E-state index in [1.807, 2.05) is 24.3 Å². The summed E-state index contributed by atoms with van der Waals surface area (Å²) in [5.74, 6) is 1.27. The van der Waals surface area contributed by atoms with Gasteiger partial charge in [-0.3, -0.25) is 9.59 Å². The number of carbonyl (C=O) groups is 2. The van der Waals surface area contributed by atoms with Crippen LogP contribution in [0.5, 0.6) is 0 Å². The number of tetrazole rings is 1. The molecule has 1 aliphatic heterocycles. The van der Waals surface area contributed by atoms with Crippen LogP contribution in [-0.2, 0) is 11.3 Å². The molecule has 4 rings (SSSR count). The highest BCUT2D eigenvalue weighted by molar-refractivity contribution is 6.39. The molecule has 2 aromatic rings. The molecule has 1 saturated carbocycles. The fourth-order valence-electron chi connectivity index (χ4n) is 6.20. The van der Waals surface area contributed by atoms with Gasteiger partial charge in [-0.25, -0.2) is 4.99 Å². The summed E-state index contributed by atoms with van der Waals surface area (Å²) in [5.41, 5.74) is 1.33. The minimum Gasteiger partial charge on any atom is -0.365 e. The van der Waals surface area contributed by atoms with Gasteiger partial charge in [0.05, 0.1) is 12.6 Å². The van der Waals surface area contributed by atoms with E-state index in [4.69, 9.17) is 4.99 Å². The summed E-state index contributed by atoms with van der Waals surface area (Å²) in [7, 11) is 0. The Balaban J connectivity index is 1.65. The van der Waals surface area contributed by atoms with Gasteiger partial charge < -0.3 is 15.5 Å². The number of amidine groups is 1. The highest BCUT2D eigenvalue weighted by Gasteiger charge is 2.52. The second kappa shape index (κ2) is 12.4. The zero-order valence-electron chi connectivity index (χ0n) is 27.7. The molecule has 0 bridgehead atoms. The van der Waals surface area contributed by atoms with Crippen molar-refractivity contribution >= 4 is 17.6 Å². The standard InChI is InChI=1S/C33H52N8O2/c1-30(2,3)17-16-25(22-10-12-23(13-11-22)28(42)34-20-26-37-39-40-38-26)41-29(43)27(35-21-31(4,5)6)36-33(41)18-14-24(15-19-33)32(7,8)9/h10-13,24-25H,14-21H2,1-9H3,(H,34,42)(H,35,36)(H,37,38,39,40)/t24?,25-,33?/m1/s1. The van der Waals surface area contributed by atoms with Crippen LogP contribution in [0.2, 0.25) is 0 Å². The number of hydrogen-bond donors (Lipinski definition) is 3. The third-order valence-corrected chi connectivity index (χ3v) is 8.82. The summed E-state index contributed by atoms with van der Waals surface area (Å²) < 4.78 is 0. The minimum atomic E-state index is -0.567. The number of aromatic amines is 1. The number of H-pyrrole nitrogens is 1. The molecule has 1 aromatic heterocycles. The second-order valence-corrected chi connectivity index (χ2v) is 15.9. The number of benzene rings is 1. The van der Waals surface area contributed by atoms with Crippen LogP contribution >= 0.6 is 0 Å². The lowest BCUT2D eigenvalue weighted by molar-refractivity contribution is -0.134. The summed E-state index contributed by atoms with van der Waals surface area (Å²) in [5, 5.41) is 20.0. The van der Waals surface area contributed by atoms with E-state index in [1.54, 1.807) is 0 Å². The average Bonchev–Trinajstić information content (AvgIpc) is 3.52. The van der Waals surface area contributed by atoms with Gasteiger partial charge in [-0.05, 0) is 78.4 Å². The van der Waals surface area contributed by atoms with Crippen molar-refractivity contribution in [2.45, 2.75) is 119 Å². The molecule has 10 heteroatoms. The van der Waals surface area contributed by atoms with Gasteiger partial charge in [-0.1, -0.05) is 79.7 Å². The van der Waals surface area contributed by atoms with Gasteiger partial charge in [0.1, 0.15) is 5.66 Å². The Hall–Kier alpha value is -3.30. The molecule has 2 heterocycles. The quantitative estimate of drug-likeness (QED) is 0.355. The molecule has 10 nitrogen and oxygen atoms in total. The van der Waals surface area contributed by atoms with Gasteiger partial charge in [0.2, 0.25) is 0 Å². The van der Waals surface area contributed by atoms with E-state index in [1.165, 1.54) is 0 Å². The molecule has 2 aliphatic rings. The van der Waals surface area contributed by atoms with Crippen LogP contribution in [0.25, 0.3) is 0 Å². The van der Waals surface area contributed by atoms with E-state index >= 15 is 0 Å². The number of amides is 2. The Kier molecular flexibility index (Phi) is 9.38. The van der Waals surface area contributed by atoms with Crippen molar-refractivity contribution in [3.8, 4) is 0 Å².